The van der Waals surface area contributed by atoms with Crippen LogP contribution in [0.3, 0.4) is 0 Å². The molecule has 144 valence electrons. The maximum Gasteiger partial charge on any atom is 0.303 e. The van der Waals surface area contributed by atoms with Gasteiger partial charge >= 0.3 is 5.97 Å². The van der Waals surface area contributed by atoms with Crippen LogP contribution in [-0.2, 0) is 19.1 Å². The van der Waals surface area contributed by atoms with E-state index in [1.165, 1.54) is 12.5 Å². The van der Waals surface area contributed by atoms with Crippen molar-refractivity contribution in [3.8, 4) is 0 Å². The van der Waals surface area contributed by atoms with E-state index >= 15 is 0 Å². The molecular weight excluding hydrogens is 328 g/mol. The Morgan fingerprint density at radius 2 is 1.96 bits per heavy atom. The largest absolute Gasteiger partial charge is 0.459 e. The predicted molar refractivity (Wildman–Crippen MR) is 101 cm³/mol. The Morgan fingerprint density at radius 3 is 2.58 bits per heavy atom. The molecule has 0 spiro atoms. The summed E-state index contributed by atoms with van der Waals surface area (Å²) in [6.45, 7) is 12.0. The fraction of sp³-hybridized carbons (Fsp3) is 0.727. The molecule has 3 rings (SSSR count). The number of carbonyl (C=O) groups is 2. The van der Waals surface area contributed by atoms with Gasteiger partial charge in [-0.25, -0.2) is 0 Å². The lowest BCUT2D eigenvalue weighted by atomic mass is 9.72. The zero-order valence-corrected chi connectivity index (χ0v) is 17.0. The number of esters is 1. The number of carbonyl (C=O) groups excluding carboxylic acids is 2. The highest BCUT2D eigenvalue weighted by atomic mass is 16.6. The van der Waals surface area contributed by atoms with Gasteiger partial charge < -0.3 is 9.47 Å². The summed E-state index contributed by atoms with van der Waals surface area (Å²) in [6, 6.07) is 0. The Hall–Kier alpha value is -1.42. The van der Waals surface area contributed by atoms with Crippen LogP contribution in [0.2, 0.25) is 0 Å². The standard InChI is InChI=1S/C22H32O4/c1-13(2)19-16-8-10-22(6)20(26-22)18(25-15(4)23)11-14(3)7-9-21(16,5)12-17(19)24/h7,16,18,20H,8-12H2,1-6H3/b14-7+/t16-,18-,20+,21-,22+/m0/s1. The number of ether oxygens (including phenoxy) is 2. The van der Waals surface area contributed by atoms with Crippen LogP contribution in [0.15, 0.2) is 22.8 Å². The first-order valence-corrected chi connectivity index (χ1v) is 9.77. The van der Waals surface area contributed by atoms with E-state index in [4.69, 9.17) is 9.47 Å². The van der Waals surface area contributed by atoms with Crippen molar-refractivity contribution in [1.29, 1.82) is 0 Å². The Kier molecular flexibility index (Phi) is 4.93. The monoisotopic (exact) mass is 360 g/mol. The molecule has 0 bridgehead atoms. The minimum absolute atomic E-state index is 0.0348. The number of allylic oxidation sites excluding steroid dienone is 3. The lowest BCUT2D eigenvalue weighted by Gasteiger charge is -2.31. The zero-order valence-electron chi connectivity index (χ0n) is 17.0. The van der Waals surface area contributed by atoms with Gasteiger partial charge in [-0.3, -0.25) is 9.59 Å². The third kappa shape index (κ3) is 3.53. The van der Waals surface area contributed by atoms with E-state index in [2.05, 4.69) is 40.7 Å². The topological polar surface area (TPSA) is 55.9 Å². The van der Waals surface area contributed by atoms with Crippen molar-refractivity contribution in [1.82, 2.24) is 0 Å². The van der Waals surface area contributed by atoms with Crippen LogP contribution in [0, 0.1) is 11.3 Å². The Bertz CT molecular complexity index is 684. The van der Waals surface area contributed by atoms with E-state index in [1.54, 1.807) is 0 Å². The van der Waals surface area contributed by atoms with Gasteiger partial charge in [0, 0.05) is 19.8 Å². The van der Waals surface area contributed by atoms with Crippen molar-refractivity contribution in [2.24, 2.45) is 11.3 Å². The molecule has 5 atom stereocenters. The molecule has 0 amide bonds. The molecule has 0 N–H and O–H groups in total. The summed E-state index contributed by atoms with van der Waals surface area (Å²) in [7, 11) is 0. The predicted octanol–water partition coefficient (Wildman–Crippen LogP) is 4.53. The molecule has 0 aromatic carbocycles. The van der Waals surface area contributed by atoms with Crippen molar-refractivity contribution >= 4 is 11.8 Å². The SMILES string of the molecule is CC(=O)O[C@H]1C/C(C)=C/C[C@@]2(C)CC(=O)C(=C(C)C)[C@@H]2CC[C@@]2(C)O[C@H]12. The number of hydrogen-bond donors (Lipinski definition) is 0. The van der Waals surface area contributed by atoms with Crippen molar-refractivity contribution in [2.45, 2.75) is 91.5 Å². The van der Waals surface area contributed by atoms with Crippen LogP contribution < -0.4 is 0 Å². The Morgan fingerprint density at radius 1 is 1.27 bits per heavy atom. The van der Waals surface area contributed by atoms with Crippen molar-refractivity contribution in [2.75, 3.05) is 0 Å². The molecule has 2 fully saturated rings. The van der Waals surface area contributed by atoms with Gasteiger partial charge in [-0.2, -0.15) is 0 Å². The number of rotatable bonds is 1. The molecule has 1 saturated heterocycles. The van der Waals surface area contributed by atoms with E-state index in [9.17, 15) is 9.59 Å². The molecule has 26 heavy (non-hydrogen) atoms. The molecule has 0 aromatic heterocycles. The van der Waals surface area contributed by atoms with Crippen molar-refractivity contribution < 1.29 is 19.1 Å². The second-order valence-electron chi connectivity index (χ2n) is 9.22. The zero-order chi connectivity index (χ0) is 19.3. The van der Waals surface area contributed by atoms with E-state index in [-0.39, 0.29) is 35.1 Å². The minimum Gasteiger partial charge on any atom is -0.459 e. The lowest BCUT2D eigenvalue weighted by molar-refractivity contribution is -0.147. The average molecular weight is 360 g/mol. The third-order valence-corrected chi connectivity index (χ3v) is 6.56. The average Bonchev–Trinajstić information content (AvgIpc) is 3.11. The number of Topliss-reactive ketones (excluding diaryl/α,β-unsaturated/α-hetero) is 1. The van der Waals surface area contributed by atoms with Gasteiger partial charge in [0.1, 0.15) is 12.2 Å². The highest BCUT2D eigenvalue weighted by Crippen LogP contribution is 2.54. The van der Waals surface area contributed by atoms with E-state index in [0.29, 0.717) is 18.6 Å². The molecular formula is C22H32O4. The molecule has 2 aliphatic carbocycles. The first-order chi connectivity index (χ1) is 12.1. The maximum absolute atomic E-state index is 12.7. The molecule has 1 aliphatic heterocycles. The van der Waals surface area contributed by atoms with Gasteiger partial charge in [0.2, 0.25) is 0 Å². The molecule has 4 nitrogen and oxygen atoms in total. The summed E-state index contributed by atoms with van der Waals surface area (Å²) < 4.78 is 11.6. The minimum atomic E-state index is -0.260. The second-order valence-corrected chi connectivity index (χ2v) is 9.22. The number of fused-ring (bicyclic) bond motifs is 2. The van der Waals surface area contributed by atoms with Gasteiger partial charge in [0.05, 0.1) is 5.60 Å². The van der Waals surface area contributed by atoms with Crippen molar-refractivity contribution in [3.63, 3.8) is 0 Å². The van der Waals surface area contributed by atoms with E-state index in [0.717, 1.165) is 30.4 Å². The molecule has 0 radical (unpaired) electrons. The lowest BCUT2D eigenvalue weighted by Crippen LogP contribution is -2.28. The van der Waals surface area contributed by atoms with Crippen LogP contribution in [0.5, 0.6) is 0 Å². The number of hydrogen-bond acceptors (Lipinski definition) is 4. The third-order valence-electron chi connectivity index (χ3n) is 6.56. The summed E-state index contributed by atoms with van der Waals surface area (Å²) >= 11 is 0. The quantitative estimate of drug-likeness (QED) is 0.298. The van der Waals surface area contributed by atoms with Crippen LogP contribution >= 0.6 is 0 Å². The molecule has 3 aliphatic rings. The second kappa shape index (κ2) is 6.63. The fourth-order valence-corrected chi connectivity index (χ4v) is 5.05. The van der Waals surface area contributed by atoms with Gasteiger partial charge in [-0.1, -0.05) is 24.1 Å². The molecule has 4 heteroatoms. The van der Waals surface area contributed by atoms with Gasteiger partial charge in [0.15, 0.2) is 5.78 Å². The molecule has 1 saturated carbocycles. The molecule has 1 heterocycles. The first kappa shape index (κ1) is 19.3. The van der Waals surface area contributed by atoms with Crippen molar-refractivity contribution in [3.05, 3.63) is 22.8 Å². The highest BCUT2D eigenvalue weighted by molar-refractivity contribution is 5.99. The normalized spacial score (nSPS) is 42.1. The van der Waals surface area contributed by atoms with Crippen LogP contribution in [0.4, 0.5) is 0 Å². The van der Waals surface area contributed by atoms with Gasteiger partial charge in [-0.05, 0) is 63.9 Å². The van der Waals surface area contributed by atoms with Crippen LogP contribution in [0.25, 0.3) is 0 Å². The maximum atomic E-state index is 12.7. The molecule has 0 unspecified atom stereocenters. The van der Waals surface area contributed by atoms with Gasteiger partial charge in [0.25, 0.3) is 0 Å². The summed E-state index contributed by atoms with van der Waals surface area (Å²) in [5.74, 6) is 0.338. The number of epoxide rings is 1. The highest BCUT2D eigenvalue weighted by Gasteiger charge is 2.58. The number of ketones is 1. The summed E-state index contributed by atoms with van der Waals surface area (Å²) in [5, 5.41) is 0. The summed E-state index contributed by atoms with van der Waals surface area (Å²) in [5.41, 5.74) is 3.09. The fourth-order valence-electron chi connectivity index (χ4n) is 5.05. The van der Waals surface area contributed by atoms with Gasteiger partial charge in [-0.15, -0.1) is 0 Å². The first-order valence-electron chi connectivity index (χ1n) is 9.77. The van der Waals surface area contributed by atoms with E-state index < -0.39 is 0 Å². The summed E-state index contributed by atoms with van der Waals surface area (Å²) in [4.78, 5) is 24.2. The smallest absolute Gasteiger partial charge is 0.303 e. The van der Waals surface area contributed by atoms with E-state index in [1.807, 2.05) is 0 Å². The Balaban J connectivity index is 1.93. The molecule has 0 aromatic rings. The van der Waals surface area contributed by atoms with Crippen LogP contribution in [-0.4, -0.2) is 29.6 Å². The van der Waals surface area contributed by atoms with Crippen LogP contribution in [0.1, 0.15) is 73.6 Å². The Labute approximate surface area is 157 Å². The summed E-state index contributed by atoms with van der Waals surface area (Å²) in [6.07, 6.45) is 6.01.